The summed E-state index contributed by atoms with van der Waals surface area (Å²) in [6, 6.07) is 1.35. The molecule has 0 unspecified atom stereocenters. The number of carboxylic acids is 1. The van der Waals surface area contributed by atoms with Crippen molar-refractivity contribution < 1.29 is 19.4 Å². The van der Waals surface area contributed by atoms with E-state index >= 15 is 0 Å². The quantitative estimate of drug-likeness (QED) is 0.743. The predicted molar refractivity (Wildman–Crippen MR) is 53.4 cm³/mol. The molecule has 0 bridgehead atoms. The van der Waals surface area contributed by atoms with Crippen LogP contribution in [-0.2, 0) is 4.74 Å². The number of rotatable bonds is 5. The van der Waals surface area contributed by atoms with E-state index in [0.717, 1.165) is 0 Å². The SMILES string of the molecule is COC[C@@H](C)n1ccc(C(=O)O)c1C=O. The van der Waals surface area contributed by atoms with E-state index in [9.17, 15) is 9.59 Å². The largest absolute Gasteiger partial charge is 0.478 e. The minimum absolute atomic E-state index is 0.0213. The fourth-order valence-corrected chi connectivity index (χ4v) is 1.47. The molecule has 0 amide bonds. The number of carbonyl (C=O) groups excluding carboxylic acids is 1. The lowest BCUT2D eigenvalue weighted by molar-refractivity contribution is 0.0693. The van der Waals surface area contributed by atoms with Crippen molar-refractivity contribution in [3.05, 3.63) is 23.5 Å². The van der Waals surface area contributed by atoms with Gasteiger partial charge in [0, 0.05) is 13.3 Å². The van der Waals surface area contributed by atoms with Crippen molar-refractivity contribution in [3.8, 4) is 0 Å². The van der Waals surface area contributed by atoms with Crippen LogP contribution >= 0.6 is 0 Å². The second-order valence-electron chi connectivity index (χ2n) is 3.25. The molecule has 15 heavy (non-hydrogen) atoms. The molecular weight excluding hydrogens is 198 g/mol. The third-order valence-corrected chi connectivity index (χ3v) is 2.18. The number of ether oxygens (including phenoxy) is 1. The second kappa shape index (κ2) is 4.75. The van der Waals surface area contributed by atoms with Crippen LogP contribution < -0.4 is 0 Å². The van der Waals surface area contributed by atoms with E-state index < -0.39 is 5.97 Å². The maximum absolute atomic E-state index is 10.8. The monoisotopic (exact) mass is 211 g/mol. The molecule has 82 valence electrons. The van der Waals surface area contributed by atoms with Gasteiger partial charge in [-0.25, -0.2) is 4.79 Å². The van der Waals surface area contributed by atoms with E-state index in [1.165, 1.54) is 6.07 Å². The number of hydrogen-bond donors (Lipinski definition) is 1. The molecule has 1 aromatic heterocycles. The lowest BCUT2D eigenvalue weighted by Crippen LogP contribution is -2.14. The van der Waals surface area contributed by atoms with Gasteiger partial charge in [0.2, 0.25) is 0 Å². The van der Waals surface area contributed by atoms with E-state index in [1.807, 2.05) is 6.92 Å². The zero-order chi connectivity index (χ0) is 11.4. The summed E-state index contributed by atoms with van der Waals surface area (Å²) in [6.07, 6.45) is 2.13. The van der Waals surface area contributed by atoms with Gasteiger partial charge in [0.15, 0.2) is 6.29 Å². The highest BCUT2D eigenvalue weighted by atomic mass is 16.5. The summed E-state index contributed by atoms with van der Waals surface area (Å²) in [5.41, 5.74) is 0.194. The molecule has 0 aliphatic heterocycles. The molecule has 1 atom stereocenters. The summed E-state index contributed by atoms with van der Waals surface area (Å²) in [6.45, 7) is 2.27. The van der Waals surface area contributed by atoms with Crippen LogP contribution in [0.15, 0.2) is 12.3 Å². The zero-order valence-electron chi connectivity index (χ0n) is 8.64. The van der Waals surface area contributed by atoms with Gasteiger partial charge in [-0.05, 0) is 13.0 Å². The fraction of sp³-hybridized carbons (Fsp3) is 0.400. The molecule has 0 spiro atoms. The predicted octanol–water partition coefficient (Wildman–Crippen LogP) is 1.21. The third-order valence-electron chi connectivity index (χ3n) is 2.18. The van der Waals surface area contributed by atoms with Crippen LogP contribution in [0.2, 0.25) is 0 Å². The Morgan fingerprint density at radius 1 is 1.73 bits per heavy atom. The Kier molecular flexibility index (Phi) is 3.62. The van der Waals surface area contributed by atoms with Gasteiger partial charge in [0.1, 0.15) is 0 Å². The highest BCUT2D eigenvalue weighted by molar-refractivity contribution is 5.96. The van der Waals surface area contributed by atoms with Gasteiger partial charge in [-0.15, -0.1) is 0 Å². The first-order valence-corrected chi connectivity index (χ1v) is 4.50. The standard InChI is InChI=1S/C10H13NO4/c1-7(6-15-2)11-4-3-8(10(13)14)9(11)5-12/h3-5,7H,6H2,1-2H3,(H,13,14)/t7-/m1/s1. The number of hydrogen-bond acceptors (Lipinski definition) is 3. The van der Waals surface area contributed by atoms with E-state index in [-0.39, 0.29) is 17.3 Å². The summed E-state index contributed by atoms with van der Waals surface area (Å²) in [5, 5.41) is 8.82. The number of carbonyl (C=O) groups is 2. The normalized spacial score (nSPS) is 12.4. The van der Waals surface area contributed by atoms with E-state index in [0.29, 0.717) is 12.9 Å². The minimum Gasteiger partial charge on any atom is -0.478 e. The Balaban J connectivity index is 3.09. The molecule has 0 fully saturated rings. The number of carboxylic acid groups (broad SMARTS) is 1. The molecule has 0 saturated carbocycles. The first-order valence-electron chi connectivity index (χ1n) is 4.50. The average Bonchev–Trinajstić information content (AvgIpc) is 2.61. The summed E-state index contributed by atoms with van der Waals surface area (Å²) >= 11 is 0. The van der Waals surface area contributed by atoms with E-state index in [4.69, 9.17) is 9.84 Å². The molecule has 1 aromatic rings. The highest BCUT2D eigenvalue weighted by Crippen LogP contribution is 2.15. The summed E-state index contributed by atoms with van der Waals surface area (Å²) in [7, 11) is 1.55. The van der Waals surface area contributed by atoms with Crippen LogP contribution in [0.5, 0.6) is 0 Å². The summed E-state index contributed by atoms with van der Waals surface area (Å²) in [5.74, 6) is -1.10. The molecule has 5 nitrogen and oxygen atoms in total. The fourth-order valence-electron chi connectivity index (χ4n) is 1.47. The number of nitrogens with zero attached hydrogens (tertiary/aromatic N) is 1. The van der Waals surface area contributed by atoms with Gasteiger partial charge in [0.25, 0.3) is 0 Å². The smallest absolute Gasteiger partial charge is 0.337 e. The molecule has 0 aliphatic carbocycles. The molecule has 1 N–H and O–H groups in total. The molecule has 0 radical (unpaired) electrons. The molecule has 5 heteroatoms. The third kappa shape index (κ3) is 2.24. The van der Waals surface area contributed by atoms with Crippen molar-refractivity contribution in [2.75, 3.05) is 13.7 Å². The minimum atomic E-state index is -1.10. The van der Waals surface area contributed by atoms with E-state index in [2.05, 4.69) is 0 Å². The molecule has 0 saturated heterocycles. The summed E-state index contributed by atoms with van der Waals surface area (Å²) < 4.78 is 6.54. The second-order valence-corrected chi connectivity index (χ2v) is 3.25. The van der Waals surface area contributed by atoms with Crippen molar-refractivity contribution in [1.82, 2.24) is 4.57 Å². The first kappa shape index (κ1) is 11.5. The van der Waals surface area contributed by atoms with Crippen molar-refractivity contribution in [1.29, 1.82) is 0 Å². The Morgan fingerprint density at radius 3 is 2.87 bits per heavy atom. The lowest BCUT2D eigenvalue weighted by Gasteiger charge is -2.14. The maximum atomic E-state index is 10.8. The lowest BCUT2D eigenvalue weighted by atomic mass is 10.2. The first-order chi connectivity index (χ1) is 7.11. The number of aromatic carboxylic acids is 1. The van der Waals surface area contributed by atoms with Crippen molar-refractivity contribution in [2.24, 2.45) is 0 Å². The Morgan fingerprint density at radius 2 is 2.40 bits per heavy atom. The van der Waals surface area contributed by atoms with Gasteiger partial charge in [0.05, 0.1) is 23.9 Å². The van der Waals surface area contributed by atoms with Gasteiger partial charge < -0.3 is 14.4 Å². The van der Waals surface area contributed by atoms with Gasteiger partial charge >= 0.3 is 5.97 Å². The van der Waals surface area contributed by atoms with Gasteiger partial charge in [-0.3, -0.25) is 4.79 Å². The molecular formula is C10H13NO4. The Bertz CT molecular complexity index is 369. The van der Waals surface area contributed by atoms with Crippen LogP contribution in [-0.4, -0.2) is 35.6 Å². The van der Waals surface area contributed by atoms with Crippen LogP contribution in [0.25, 0.3) is 0 Å². The summed E-state index contributed by atoms with van der Waals surface area (Å²) in [4.78, 5) is 21.6. The van der Waals surface area contributed by atoms with Crippen LogP contribution in [0.3, 0.4) is 0 Å². The van der Waals surface area contributed by atoms with Gasteiger partial charge in [-0.1, -0.05) is 0 Å². The van der Waals surface area contributed by atoms with Crippen molar-refractivity contribution >= 4 is 12.3 Å². The van der Waals surface area contributed by atoms with Crippen molar-refractivity contribution in [2.45, 2.75) is 13.0 Å². The maximum Gasteiger partial charge on any atom is 0.337 e. The Labute approximate surface area is 87.3 Å². The molecule has 1 heterocycles. The number of methoxy groups -OCH3 is 1. The zero-order valence-corrected chi connectivity index (χ0v) is 8.64. The van der Waals surface area contributed by atoms with Crippen molar-refractivity contribution in [3.63, 3.8) is 0 Å². The van der Waals surface area contributed by atoms with Crippen LogP contribution in [0.4, 0.5) is 0 Å². The van der Waals surface area contributed by atoms with Gasteiger partial charge in [-0.2, -0.15) is 0 Å². The highest BCUT2D eigenvalue weighted by Gasteiger charge is 2.17. The average molecular weight is 211 g/mol. The number of aromatic nitrogens is 1. The van der Waals surface area contributed by atoms with E-state index in [1.54, 1.807) is 17.9 Å². The topological polar surface area (TPSA) is 68.5 Å². The van der Waals surface area contributed by atoms with Crippen LogP contribution in [0.1, 0.15) is 33.8 Å². The van der Waals surface area contributed by atoms with Crippen LogP contribution in [0, 0.1) is 0 Å². The Hall–Kier alpha value is -1.62. The molecule has 0 aromatic carbocycles. The molecule has 0 aliphatic rings. The molecule has 1 rings (SSSR count). The number of aldehydes is 1.